The van der Waals surface area contributed by atoms with Crippen LogP contribution in [0.1, 0.15) is 22.7 Å². The zero-order valence-corrected chi connectivity index (χ0v) is 21.1. The van der Waals surface area contributed by atoms with Crippen LogP contribution in [0.2, 0.25) is 0 Å². The molecule has 1 N–H and O–H groups in total. The topological polar surface area (TPSA) is 103 Å². The van der Waals surface area contributed by atoms with Crippen molar-refractivity contribution in [3.8, 4) is 22.9 Å². The van der Waals surface area contributed by atoms with Crippen LogP contribution in [0.15, 0.2) is 83.0 Å². The number of aryl methyl sites for hydroxylation is 1. The molecule has 1 fully saturated rings. The minimum absolute atomic E-state index is 0.0771. The van der Waals surface area contributed by atoms with E-state index in [1.54, 1.807) is 19.2 Å². The molecule has 2 aromatic heterocycles. The van der Waals surface area contributed by atoms with E-state index in [2.05, 4.69) is 5.32 Å². The average molecular weight is 512 g/mol. The third-order valence-corrected chi connectivity index (χ3v) is 6.24. The summed E-state index contributed by atoms with van der Waals surface area (Å²) in [5, 5.41) is 2.24. The molecule has 0 saturated carbocycles. The molecule has 9 heteroatoms. The molecule has 1 aliphatic heterocycles. The number of urea groups is 1. The van der Waals surface area contributed by atoms with Gasteiger partial charge in [0.15, 0.2) is 0 Å². The van der Waals surface area contributed by atoms with E-state index < -0.39 is 17.8 Å². The first-order chi connectivity index (χ1) is 18.3. The second-order valence-corrected chi connectivity index (χ2v) is 8.72. The van der Waals surface area contributed by atoms with Gasteiger partial charge in [0.25, 0.3) is 11.8 Å². The van der Waals surface area contributed by atoms with Crippen LogP contribution in [0.5, 0.6) is 17.2 Å². The summed E-state index contributed by atoms with van der Waals surface area (Å²) in [5.74, 6) is 1.13. The van der Waals surface area contributed by atoms with E-state index in [1.165, 1.54) is 12.3 Å². The number of rotatable bonds is 7. The number of amides is 4. The molecule has 38 heavy (non-hydrogen) atoms. The summed E-state index contributed by atoms with van der Waals surface area (Å²) in [4.78, 5) is 38.9. The molecule has 0 radical (unpaired) electrons. The fourth-order valence-electron chi connectivity index (χ4n) is 4.33. The van der Waals surface area contributed by atoms with Crippen molar-refractivity contribution in [1.82, 2.24) is 14.8 Å². The second kappa shape index (κ2) is 10.1. The SMILES string of the molecule is COc1ccc(Oc2ccc(-n3c(C)cc(/C=C4\C(=O)NC(=O)N(Cc5ccco5)C4=O)c3C)cc2)cc1. The van der Waals surface area contributed by atoms with Crippen LogP contribution in [-0.4, -0.2) is 34.4 Å². The predicted octanol–water partition coefficient (Wildman–Crippen LogP) is 5.15. The Balaban J connectivity index is 1.39. The highest BCUT2D eigenvalue weighted by molar-refractivity contribution is 6.31. The Kier molecular flexibility index (Phi) is 6.57. The van der Waals surface area contributed by atoms with Gasteiger partial charge in [0.2, 0.25) is 0 Å². The zero-order chi connectivity index (χ0) is 26.8. The maximum atomic E-state index is 13.1. The monoisotopic (exact) mass is 511 g/mol. The maximum absolute atomic E-state index is 13.1. The molecule has 0 bridgehead atoms. The summed E-state index contributed by atoms with van der Waals surface area (Å²) in [6.07, 6.45) is 2.97. The van der Waals surface area contributed by atoms with Gasteiger partial charge in [-0.2, -0.15) is 0 Å². The van der Waals surface area contributed by atoms with Crippen molar-refractivity contribution >= 4 is 23.9 Å². The van der Waals surface area contributed by atoms with Crippen LogP contribution in [0.4, 0.5) is 4.79 Å². The highest BCUT2D eigenvalue weighted by Crippen LogP contribution is 2.28. The van der Waals surface area contributed by atoms with Gasteiger partial charge in [-0.3, -0.25) is 19.8 Å². The number of methoxy groups -OCH3 is 1. The molecule has 192 valence electrons. The number of aromatic nitrogens is 1. The van der Waals surface area contributed by atoms with Crippen molar-refractivity contribution in [2.24, 2.45) is 0 Å². The Morgan fingerprint density at radius 2 is 1.58 bits per heavy atom. The highest BCUT2D eigenvalue weighted by Gasteiger charge is 2.36. The molecule has 0 spiro atoms. The van der Waals surface area contributed by atoms with E-state index in [-0.39, 0.29) is 12.1 Å². The molecule has 0 aliphatic carbocycles. The fourth-order valence-corrected chi connectivity index (χ4v) is 4.33. The minimum Gasteiger partial charge on any atom is -0.497 e. The molecule has 0 unspecified atom stereocenters. The summed E-state index contributed by atoms with van der Waals surface area (Å²) < 4.78 is 18.4. The molecular formula is C29H25N3O6. The summed E-state index contributed by atoms with van der Waals surface area (Å²) >= 11 is 0. The minimum atomic E-state index is -0.782. The average Bonchev–Trinajstić information content (AvgIpc) is 3.52. The van der Waals surface area contributed by atoms with Crippen LogP contribution in [0.25, 0.3) is 11.8 Å². The van der Waals surface area contributed by atoms with E-state index >= 15 is 0 Å². The first-order valence-electron chi connectivity index (χ1n) is 11.9. The highest BCUT2D eigenvalue weighted by atomic mass is 16.5. The molecule has 3 heterocycles. The number of barbiturate groups is 1. The molecule has 1 saturated heterocycles. The first kappa shape index (κ1) is 24.6. The van der Waals surface area contributed by atoms with Gasteiger partial charge in [0, 0.05) is 17.1 Å². The van der Waals surface area contributed by atoms with E-state index in [9.17, 15) is 14.4 Å². The van der Waals surface area contributed by atoms with Crippen LogP contribution in [0.3, 0.4) is 0 Å². The van der Waals surface area contributed by atoms with Crippen molar-refractivity contribution in [3.63, 3.8) is 0 Å². The number of imide groups is 2. The van der Waals surface area contributed by atoms with E-state index in [0.29, 0.717) is 22.8 Å². The van der Waals surface area contributed by atoms with E-state index in [4.69, 9.17) is 13.9 Å². The summed E-state index contributed by atoms with van der Waals surface area (Å²) in [7, 11) is 1.61. The largest absolute Gasteiger partial charge is 0.497 e. The standard InChI is InChI=1S/C29H25N3O6/c1-18-15-20(16-26-27(33)30-29(35)31(28(26)34)17-25-5-4-14-37-25)19(2)32(18)21-6-8-23(9-7-21)38-24-12-10-22(36-3)11-13-24/h4-16H,17H2,1-3H3,(H,30,33,35)/b26-16+. The number of hydrogen-bond acceptors (Lipinski definition) is 6. The number of ether oxygens (including phenoxy) is 2. The van der Waals surface area contributed by atoms with Gasteiger partial charge in [-0.25, -0.2) is 4.79 Å². The van der Waals surface area contributed by atoms with E-state index in [1.807, 2.05) is 73.0 Å². The fraction of sp³-hybridized carbons (Fsp3) is 0.138. The lowest BCUT2D eigenvalue weighted by Gasteiger charge is -2.25. The quantitative estimate of drug-likeness (QED) is 0.272. The van der Waals surface area contributed by atoms with Crippen LogP contribution < -0.4 is 14.8 Å². The molecule has 0 atom stereocenters. The smallest absolute Gasteiger partial charge is 0.331 e. The maximum Gasteiger partial charge on any atom is 0.331 e. The third-order valence-electron chi connectivity index (χ3n) is 6.24. The van der Waals surface area contributed by atoms with Gasteiger partial charge >= 0.3 is 6.03 Å². The van der Waals surface area contributed by atoms with Crippen LogP contribution in [-0.2, 0) is 16.1 Å². The summed E-state index contributed by atoms with van der Waals surface area (Å²) in [6, 6.07) is 19.3. The molecule has 9 nitrogen and oxygen atoms in total. The number of furan rings is 1. The van der Waals surface area contributed by atoms with Gasteiger partial charge in [0.1, 0.15) is 28.6 Å². The van der Waals surface area contributed by atoms with Crippen molar-refractivity contribution in [2.45, 2.75) is 20.4 Å². The molecular weight excluding hydrogens is 486 g/mol. The van der Waals surface area contributed by atoms with Crippen molar-refractivity contribution in [1.29, 1.82) is 0 Å². The van der Waals surface area contributed by atoms with Gasteiger partial charge < -0.3 is 18.5 Å². The lowest BCUT2D eigenvalue weighted by atomic mass is 10.1. The summed E-state index contributed by atoms with van der Waals surface area (Å²) in [6.45, 7) is 3.76. The molecule has 2 aromatic carbocycles. The number of hydrogen-bond donors (Lipinski definition) is 1. The first-order valence-corrected chi connectivity index (χ1v) is 11.9. The lowest BCUT2D eigenvalue weighted by molar-refractivity contribution is -0.130. The van der Waals surface area contributed by atoms with Crippen molar-refractivity contribution in [2.75, 3.05) is 7.11 Å². The van der Waals surface area contributed by atoms with Gasteiger partial charge in [-0.15, -0.1) is 0 Å². The van der Waals surface area contributed by atoms with Gasteiger partial charge in [-0.1, -0.05) is 0 Å². The normalized spacial score (nSPS) is 14.7. The zero-order valence-electron chi connectivity index (χ0n) is 21.1. The Labute approximate surface area is 218 Å². The van der Waals surface area contributed by atoms with Gasteiger partial charge in [0.05, 0.1) is 19.9 Å². The third kappa shape index (κ3) is 4.81. The Morgan fingerprint density at radius 3 is 2.21 bits per heavy atom. The van der Waals surface area contributed by atoms with Crippen LogP contribution in [0, 0.1) is 13.8 Å². The predicted molar refractivity (Wildman–Crippen MR) is 139 cm³/mol. The number of carbonyl (C=O) groups is 3. The molecule has 1 aliphatic rings. The number of carbonyl (C=O) groups excluding carboxylic acids is 3. The van der Waals surface area contributed by atoms with Crippen molar-refractivity contribution < 1.29 is 28.3 Å². The van der Waals surface area contributed by atoms with Crippen molar-refractivity contribution in [3.05, 3.63) is 101 Å². The van der Waals surface area contributed by atoms with Gasteiger partial charge in [-0.05, 0) is 92.2 Å². The Morgan fingerprint density at radius 1 is 0.921 bits per heavy atom. The van der Waals surface area contributed by atoms with Crippen LogP contribution >= 0.6 is 0 Å². The van der Waals surface area contributed by atoms with E-state index in [0.717, 1.165) is 27.7 Å². The lowest BCUT2D eigenvalue weighted by Crippen LogP contribution is -2.53. The summed E-state index contributed by atoms with van der Waals surface area (Å²) in [5.41, 5.74) is 3.19. The number of nitrogens with one attached hydrogen (secondary N) is 1. The Hall–Kier alpha value is -5.05. The molecule has 5 rings (SSSR count). The number of nitrogens with zero attached hydrogens (tertiary/aromatic N) is 2. The number of benzene rings is 2. The molecule has 4 amide bonds. The Bertz CT molecular complexity index is 1530. The molecule has 4 aromatic rings. The second-order valence-electron chi connectivity index (χ2n) is 8.72.